The van der Waals surface area contributed by atoms with Crippen molar-refractivity contribution in [3.8, 4) is 11.3 Å². The normalized spacial score (nSPS) is 10.2. The van der Waals surface area contributed by atoms with E-state index in [0.29, 0.717) is 11.4 Å². The van der Waals surface area contributed by atoms with Crippen molar-refractivity contribution in [3.63, 3.8) is 0 Å². The lowest BCUT2D eigenvalue weighted by molar-refractivity contribution is 0.262. The highest BCUT2D eigenvalue weighted by Gasteiger charge is 2.06. The molecule has 0 radical (unpaired) electrons. The summed E-state index contributed by atoms with van der Waals surface area (Å²) in [5.41, 5.74) is 3.50. The number of carbonyl (C=O) groups is 1. The van der Waals surface area contributed by atoms with Gasteiger partial charge in [0.2, 0.25) is 0 Å². The van der Waals surface area contributed by atoms with E-state index in [4.69, 9.17) is 0 Å². The van der Waals surface area contributed by atoms with Gasteiger partial charge >= 0.3 is 6.03 Å². The molecule has 0 aliphatic rings. The van der Waals surface area contributed by atoms with Gasteiger partial charge in [0.15, 0.2) is 0 Å². The molecular formula is C18H15FN4O. The number of anilines is 2. The van der Waals surface area contributed by atoms with Crippen LogP contribution in [0.3, 0.4) is 0 Å². The van der Waals surface area contributed by atoms with Gasteiger partial charge in [-0.25, -0.2) is 19.2 Å². The van der Waals surface area contributed by atoms with Crippen LogP contribution >= 0.6 is 0 Å². The second-order valence-electron chi connectivity index (χ2n) is 5.21. The van der Waals surface area contributed by atoms with Gasteiger partial charge in [-0.1, -0.05) is 18.2 Å². The summed E-state index contributed by atoms with van der Waals surface area (Å²) in [6, 6.07) is 14.4. The maximum Gasteiger partial charge on any atom is 0.323 e. The number of nitrogens with one attached hydrogen (secondary N) is 2. The maximum atomic E-state index is 13.1. The van der Waals surface area contributed by atoms with E-state index in [1.54, 1.807) is 12.1 Å². The van der Waals surface area contributed by atoms with Gasteiger partial charge in [-0.2, -0.15) is 0 Å². The molecular weight excluding hydrogens is 307 g/mol. The molecule has 0 saturated carbocycles. The van der Waals surface area contributed by atoms with Crippen molar-refractivity contribution in [1.82, 2.24) is 9.97 Å². The number of carbonyl (C=O) groups excluding carboxylic acids is 1. The fraction of sp³-hybridized carbons (Fsp3) is 0.0556. The molecule has 120 valence electrons. The van der Waals surface area contributed by atoms with E-state index in [9.17, 15) is 9.18 Å². The van der Waals surface area contributed by atoms with E-state index in [2.05, 4.69) is 20.6 Å². The molecule has 0 bridgehead atoms. The molecule has 2 N–H and O–H groups in total. The van der Waals surface area contributed by atoms with E-state index in [-0.39, 0.29) is 0 Å². The van der Waals surface area contributed by atoms with Crippen molar-refractivity contribution in [3.05, 3.63) is 72.4 Å². The average molecular weight is 322 g/mol. The summed E-state index contributed by atoms with van der Waals surface area (Å²) in [6.45, 7) is 1.89. The molecule has 1 aromatic heterocycles. The van der Waals surface area contributed by atoms with Crippen molar-refractivity contribution in [2.24, 2.45) is 0 Å². The van der Waals surface area contributed by atoms with Crippen molar-refractivity contribution in [2.75, 3.05) is 10.6 Å². The van der Waals surface area contributed by atoms with Crippen LogP contribution in [0.1, 0.15) is 5.69 Å². The van der Waals surface area contributed by atoms with Gasteiger partial charge in [0.1, 0.15) is 12.1 Å². The second kappa shape index (κ2) is 6.87. The molecule has 0 aliphatic heterocycles. The molecule has 3 aromatic rings. The number of amides is 2. The van der Waals surface area contributed by atoms with Crippen LogP contribution in [0.5, 0.6) is 0 Å². The minimum atomic E-state index is -0.448. The molecule has 2 amide bonds. The van der Waals surface area contributed by atoms with E-state index < -0.39 is 11.8 Å². The summed E-state index contributed by atoms with van der Waals surface area (Å²) in [4.78, 5) is 20.3. The number of nitrogens with zero attached hydrogens (tertiary/aromatic N) is 2. The van der Waals surface area contributed by atoms with Crippen molar-refractivity contribution in [2.45, 2.75) is 6.92 Å². The monoisotopic (exact) mass is 322 g/mol. The Morgan fingerprint density at radius 2 is 1.67 bits per heavy atom. The highest BCUT2D eigenvalue weighted by molar-refractivity contribution is 6.00. The van der Waals surface area contributed by atoms with Crippen molar-refractivity contribution < 1.29 is 9.18 Å². The molecule has 6 heteroatoms. The summed E-state index contributed by atoms with van der Waals surface area (Å²) in [7, 11) is 0. The lowest BCUT2D eigenvalue weighted by Crippen LogP contribution is -2.19. The largest absolute Gasteiger partial charge is 0.323 e. The Bertz CT molecular complexity index is 882. The Balaban J connectivity index is 1.73. The number of hydrogen-bond acceptors (Lipinski definition) is 3. The Morgan fingerprint density at radius 3 is 2.38 bits per heavy atom. The Labute approximate surface area is 138 Å². The molecule has 0 unspecified atom stereocenters. The smallest absolute Gasteiger partial charge is 0.308 e. The number of hydrogen-bond donors (Lipinski definition) is 2. The first kappa shape index (κ1) is 15.6. The maximum absolute atomic E-state index is 13.1. The third-order valence-electron chi connectivity index (χ3n) is 3.30. The van der Waals surface area contributed by atoms with Gasteiger partial charge in [-0.3, -0.25) is 0 Å². The standard InChI is InChI=1S/C18H15FN4O/c1-12-8-17(21-11-20-12)13-4-2-6-15(9-13)22-18(24)23-16-7-3-5-14(19)10-16/h2-11H,1H3,(H2,22,23,24). The molecule has 0 atom stereocenters. The van der Waals surface area contributed by atoms with Gasteiger partial charge < -0.3 is 10.6 Å². The molecule has 0 aliphatic carbocycles. The van der Waals surface area contributed by atoms with Gasteiger partial charge in [0, 0.05) is 22.6 Å². The zero-order chi connectivity index (χ0) is 16.9. The topological polar surface area (TPSA) is 66.9 Å². The molecule has 5 nitrogen and oxygen atoms in total. The zero-order valence-corrected chi connectivity index (χ0v) is 13.0. The van der Waals surface area contributed by atoms with E-state index in [0.717, 1.165) is 17.0 Å². The minimum absolute atomic E-state index is 0.384. The molecule has 0 saturated heterocycles. The van der Waals surface area contributed by atoms with E-state index in [1.165, 1.54) is 24.5 Å². The predicted octanol–water partition coefficient (Wildman–Crippen LogP) is 4.24. The van der Waals surface area contributed by atoms with Crippen LogP contribution in [-0.2, 0) is 0 Å². The van der Waals surface area contributed by atoms with Crippen LogP contribution in [0, 0.1) is 12.7 Å². The quantitative estimate of drug-likeness (QED) is 0.758. The number of urea groups is 1. The predicted molar refractivity (Wildman–Crippen MR) is 91.2 cm³/mol. The average Bonchev–Trinajstić information content (AvgIpc) is 2.55. The summed E-state index contributed by atoms with van der Waals surface area (Å²) >= 11 is 0. The highest BCUT2D eigenvalue weighted by atomic mass is 19.1. The summed E-state index contributed by atoms with van der Waals surface area (Å²) < 4.78 is 13.1. The molecule has 0 fully saturated rings. The Hall–Kier alpha value is -3.28. The second-order valence-corrected chi connectivity index (χ2v) is 5.21. The third-order valence-corrected chi connectivity index (χ3v) is 3.30. The number of aryl methyl sites for hydroxylation is 1. The lowest BCUT2D eigenvalue weighted by atomic mass is 10.1. The fourth-order valence-electron chi connectivity index (χ4n) is 2.23. The van der Waals surface area contributed by atoms with E-state index >= 15 is 0 Å². The van der Waals surface area contributed by atoms with Crippen molar-refractivity contribution in [1.29, 1.82) is 0 Å². The third kappa shape index (κ3) is 3.92. The first-order valence-corrected chi connectivity index (χ1v) is 7.33. The minimum Gasteiger partial charge on any atom is -0.308 e. The van der Waals surface area contributed by atoms with Crippen LogP contribution in [-0.4, -0.2) is 16.0 Å². The SMILES string of the molecule is Cc1cc(-c2cccc(NC(=O)Nc3cccc(F)c3)c2)ncn1. The van der Waals surface area contributed by atoms with Crippen LogP contribution < -0.4 is 10.6 Å². The summed E-state index contributed by atoms with van der Waals surface area (Å²) in [5, 5.41) is 5.30. The first-order chi connectivity index (χ1) is 11.6. The fourth-order valence-corrected chi connectivity index (χ4v) is 2.23. The number of benzene rings is 2. The lowest BCUT2D eigenvalue weighted by Gasteiger charge is -2.09. The van der Waals surface area contributed by atoms with Crippen LogP contribution in [0.25, 0.3) is 11.3 Å². The van der Waals surface area contributed by atoms with Gasteiger partial charge in [-0.05, 0) is 43.3 Å². The molecule has 24 heavy (non-hydrogen) atoms. The number of rotatable bonds is 3. The molecule has 1 heterocycles. The molecule has 2 aromatic carbocycles. The molecule has 3 rings (SSSR count). The van der Waals surface area contributed by atoms with Gasteiger partial charge in [0.05, 0.1) is 5.69 Å². The van der Waals surface area contributed by atoms with Crippen LogP contribution in [0.2, 0.25) is 0 Å². The Morgan fingerprint density at radius 1 is 0.958 bits per heavy atom. The number of halogens is 1. The zero-order valence-electron chi connectivity index (χ0n) is 13.0. The molecule has 0 spiro atoms. The highest BCUT2D eigenvalue weighted by Crippen LogP contribution is 2.21. The first-order valence-electron chi connectivity index (χ1n) is 7.33. The van der Waals surface area contributed by atoms with Gasteiger partial charge in [0.25, 0.3) is 0 Å². The van der Waals surface area contributed by atoms with Crippen molar-refractivity contribution >= 4 is 17.4 Å². The van der Waals surface area contributed by atoms with Crippen LogP contribution in [0.15, 0.2) is 60.9 Å². The Kier molecular flexibility index (Phi) is 4.47. The summed E-state index contributed by atoms with van der Waals surface area (Å²) in [6.07, 6.45) is 1.50. The van der Waals surface area contributed by atoms with Gasteiger partial charge in [-0.15, -0.1) is 0 Å². The van der Waals surface area contributed by atoms with E-state index in [1.807, 2.05) is 31.2 Å². The summed E-state index contributed by atoms with van der Waals surface area (Å²) in [5.74, 6) is -0.408. The van der Waals surface area contributed by atoms with Crippen LogP contribution in [0.4, 0.5) is 20.6 Å². The number of aromatic nitrogens is 2.